The SMILES string of the molecule is C[C@@H](Nc1c(-c2nc3ccc(N4CC5CCC(C4)O5)cc3[nH]2)c(=O)[nH]c2ccccc12)c1ncccn1. The van der Waals surface area contributed by atoms with E-state index in [0.717, 1.165) is 53.6 Å². The largest absolute Gasteiger partial charge is 0.374 e. The van der Waals surface area contributed by atoms with E-state index in [4.69, 9.17) is 9.72 Å². The number of aromatic nitrogens is 5. The molecule has 9 nitrogen and oxygen atoms in total. The summed E-state index contributed by atoms with van der Waals surface area (Å²) in [5.41, 5.74) is 4.54. The fraction of sp³-hybridized carbons (Fsp3) is 0.286. The van der Waals surface area contributed by atoms with Crippen molar-refractivity contribution in [2.75, 3.05) is 23.3 Å². The second-order valence-corrected chi connectivity index (χ2v) is 9.87. The second-order valence-electron chi connectivity index (χ2n) is 9.87. The zero-order valence-electron chi connectivity index (χ0n) is 20.4. The molecule has 2 bridgehead atoms. The van der Waals surface area contributed by atoms with Crippen LogP contribution in [0.1, 0.15) is 31.6 Å². The van der Waals surface area contributed by atoms with E-state index in [9.17, 15) is 4.79 Å². The molecule has 2 unspecified atom stereocenters. The number of fused-ring (bicyclic) bond motifs is 4. The number of hydrogen-bond acceptors (Lipinski definition) is 7. The van der Waals surface area contributed by atoms with Gasteiger partial charge < -0.3 is 24.9 Å². The molecule has 37 heavy (non-hydrogen) atoms. The van der Waals surface area contributed by atoms with E-state index in [1.165, 1.54) is 0 Å². The highest BCUT2D eigenvalue weighted by Crippen LogP contribution is 2.34. The molecule has 5 aromatic rings. The van der Waals surface area contributed by atoms with Crippen molar-refractivity contribution in [3.63, 3.8) is 0 Å². The Hall–Kier alpha value is -4.24. The molecular formula is C28H27N7O2. The number of ether oxygens (including phenoxy) is 1. The van der Waals surface area contributed by atoms with Gasteiger partial charge in [-0.15, -0.1) is 0 Å². The highest BCUT2D eigenvalue weighted by atomic mass is 16.5. The van der Waals surface area contributed by atoms with Gasteiger partial charge in [-0.05, 0) is 50.1 Å². The smallest absolute Gasteiger partial charge is 0.261 e. The number of pyridine rings is 1. The first-order chi connectivity index (χ1) is 18.1. The average molecular weight is 494 g/mol. The third kappa shape index (κ3) is 3.92. The minimum absolute atomic E-state index is 0.216. The van der Waals surface area contributed by atoms with Gasteiger partial charge in [0.2, 0.25) is 0 Å². The summed E-state index contributed by atoms with van der Waals surface area (Å²) >= 11 is 0. The number of nitrogens with zero attached hydrogens (tertiary/aromatic N) is 4. The van der Waals surface area contributed by atoms with E-state index in [2.05, 4.69) is 42.3 Å². The monoisotopic (exact) mass is 493 g/mol. The van der Waals surface area contributed by atoms with Gasteiger partial charge in [0.1, 0.15) is 17.2 Å². The predicted octanol–water partition coefficient (Wildman–Crippen LogP) is 4.40. The van der Waals surface area contributed by atoms with Crippen LogP contribution >= 0.6 is 0 Å². The average Bonchev–Trinajstić information content (AvgIpc) is 3.50. The Balaban J connectivity index is 1.32. The highest BCUT2D eigenvalue weighted by molar-refractivity contribution is 5.99. The Morgan fingerprint density at radius 3 is 2.59 bits per heavy atom. The summed E-state index contributed by atoms with van der Waals surface area (Å²) in [4.78, 5) is 35.9. The number of morpholine rings is 1. The number of benzene rings is 2. The fourth-order valence-electron chi connectivity index (χ4n) is 5.57. The minimum atomic E-state index is -0.224. The Morgan fingerprint density at radius 1 is 1.00 bits per heavy atom. The van der Waals surface area contributed by atoms with Crippen molar-refractivity contribution in [2.24, 2.45) is 0 Å². The van der Waals surface area contributed by atoms with Crippen molar-refractivity contribution >= 4 is 33.3 Å². The van der Waals surface area contributed by atoms with Crippen LogP contribution < -0.4 is 15.8 Å². The maximum absolute atomic E-state index is 13.4. The van der Waals surface area contributed by atoms with Crippen LogP contribution in [0.3, 0.4) is 0 Å². The van der Waals surface area contributed by atoms with E-state index in [1.54, 1.807) is 18.5 Å². The molecule has 2 aromatic carbocycles. The molecule has 186 valence electrons. The van der Waals surface area contributed by atoms with Crippen molar-refractivity contribution in [3.05, 3.63) is 77.1 Å². The number of aromatic amines is 2. The third-order valence-corrected chi connectivity index (χ3v) is 7.37. The van der Waals surface area contributed by atoms with Crippen LogP contribution in [0.25, 0.3) is 33.3 Å². The Kier molecular flexibility index (Phi) is 5.17. The number of H-pyrrole nitrogens is 2. The van der Waals surface area contributed by atoms with E-state index in [-0.39, 0.29) is 11.6 Å². The summed E-state index contributed by atoms with van der Waals surface area (Å²) in [6.45, 7) is 3.79. The molecule has 0 amide bonds. The normalized spacial score (nSPS) is 20.0. The van der Waals surface area contributed by atoms with Crippen molar-refractivity contribution in [2.45, 2.75) is 38.0 Å². The molecule has 0 aliphatic carbocycles. The third-order valence-electron chi connectivity index (χ3n) is 7.37. The maximum Gasteiger partial charge on any atom is 0.261 e. The van der Waals surface area contributed by atoms with Gasteiger partial charge in [-0.2, -0.15) is 0 Å². The number of rotatable bonds is 5. The van der Waals surface area contributed by atoms with Crippen LogP contribution in [0, 0.1) is 0 Å². The molecule has 0 radical (unpaired) electrons. The molecule has 3 aromatic heterocycles. The molecule has 0 spiro atoms. The molecule has 2 fully saturated rings. The summed E-state index contributed by atoms with van der Waals surface area (Å²) in [6, 6.07) is 15.6. The van der Waals surface area contributed by atoms with E-state index < -0.39 is 0 Å². The summed E-state index contributed by atoms with van der Waals surface area (Å²) in [7, 11) is 0. The van der Waals surface area contributed by atoms with Gasteiger partial charge in [-0.3, -0.25) is 4.79 Å². The van der Waals surface area contributed by atoms with E-state index in [0.29, 0.717) is 35.1 Å². The molecule has 0 saturated carbocycles. The van der Waals surface area contributed by atoms with Crippen molar-refractivity contribution < 1.29 is 4.74 Å². The van der Waals surface area contributed by atoms with Gasteiger partial charge in [-0.25, -0.2) is 15.0 Å². The standard InChI is InChI=1S/C28H27N7O2/c1-16(26-29-11-4-12-30-26)31-25-20-5-2-3-6-21(20)34-28(36)24(25)27-32-22-10-7-17(13-23(22)33-27)35-14-18-8-9-19(15-35)37-18/h2-7,10-13,16,18-19H,8-9,14-15H2,1H3,(H,32,33)(H2,31,34,36)/t16-,18?,19?/m1/s1. The first-order valence-electron chi connectivity index (χ1n) is 12.7. The van der Waals surface area contributed by atoms with Crippen LogP contribution in [0.4, 0.5) is 11.4 Å². The van der Waals surface area contributed by atoms with Crippen molar-refractivity contribution in [1.82, 2.24) is 24.9 Å². The Morgan fingerprint density at radius 2 is 1.78 bits per heavy atom. The zero-order valence-corrected chi connectivity index (χ0v) is 20.4. The number of anilines is 2. The van der Waals surface area contributed by atoms with Gasteiger partial charge >= 0.3 is 0 Å². The first kappa shape index (κ1) is 22.0. The van der Waals surface area contributed by atoms with Gasteiger partial charge in [0.15, 0.2) is 0 Å². The summed E-state index contributed by atoms with van der Waals surface area (Å²) < 4.78 is 6.01. The lowest BCUT2D eigenvalue weighted by molar-refractivity contribution is 0.0305. The van der Waals surface area contributed by atoms with Gasteiger partial charge in [0.05, 0.1) is 40.5 Å². The maximum atomic E-state index is 13.4. The minimum Gasteiger partial charge on any atom is -0.374 e. The van der Waals surface area contributed by atoms with E-state index >= 15 is 0 Å². The molecule has 5 heterocycles. The Bertz CT molecular complexity index is 1650. The molecule has 3 N–H and O–H groups in total. The predicted molar refractivity (Wildman–Crippen MR) is 144 cm³/mol. The molecule has 3 atom stereocenters. The van der Waals surface area contributed by atoms with Crippen molar-refractivity contribution in [1.29, 1.82) is 0 Å². The van der Waals surface area contributed by atoms with Crippen molar-refractivity contribution in [3.8, 4) is 11.4 Å². The zero-order chi connectivity index (χ0) is 24.9. The summed E-state index contributed by atoms with van der Waals surface area (Å²) in [5, 5.41) is 4.40. The second kappa shape index (κ2) is 8.70. The molecule has 9 heteroatoms. The lowest BCUT2D eigenvalue weighted by Crippen LogP contribution is -2.42. The number of para-hydroxylation sites is 1. The number of hydrogen-bond donors (Lipinski definition) is 3. The lowest BCUT2D eigenvalue weighted by atomic mass is 10.1. The van der Waals surface area contributed by atoms with E-state index in [1.807, 2.05) is 37.3 Å². The van der Waals surface area contributed by atoms with Gasteiger partial charge in [-0.1, -0.05) is 18.2 Å². The van der Waals surface area contributed by atoms with Crippen LogP contribution in [0.5, 0.6) is 0 Å². The topological polar surface area (TPSA) is 112 Å². The molecule has 2 saturated heterocycles. The molecule has 2 aliphatic heterocycles. The van der Waals surface area contributed by atoms with Crippen LogP contribution in [0.15, 0.2) is 65.7 Å². The fourth-order valence-corrected chi connectivity index (χ4v) is 5.57. The van der Waals surface area contributed by atoms with Gasteiger partial charge in [0, 0.05) is 36.6 Å². The summed E-state index contributed by atoms with van der Waals surface area (Å²) in [6.07, 6.45) is 6.32. The molecule has 2 aliphatic rings. The summed E-state index contributed by atoms with van der Waals surface area (Å²) in [5.74, 6) is 1.16. The van der Waals surface area contributed by atoms with Crippen LogP contribution in [0.2, 0.25) is 0 Å². The number of imidazole rings is 1. The quantitative estimate of drug-likeness (QED) is 0.333. The number of nitrogens with one attached hydrogen (secondary N) is 3. The lowest BCUT2D eigenvalue weighted by Gasteiger charge is -2.33. The molecule has 7 rings (SSSR count). The van der Waals surface area contributed by atoms with Crippen LogP contribution in [-0.4, -0.2) is 50.2 Å². The highest BCUT2D eigenvalue weighted by Gasteiger charge is 2.34. The first-order valence-corrected chi connectivity index (χ1v) is 12.7. The van der Waals surface area contributed by atoms with Gasteiger partial charge in [0.25, 0.3) is 5.56 Å². The Labute approximate surface area is 212 Å². The van der Waals surface area contributed by atoms with Crippen LogP contribution in [-0.2, 0) is 4.74 Å². The molecular weight excluding hydrogens is 466 g/mol.